The van der Waals surface area contributed by atoms with E-state index in [1.807, 2.05) is 18.2 Å². The summed E-state index contributed by atoms with van der Waals surface area (Å²) in [5.41, 5.74) is 9.31. The second-order valence-electron chi connectivity index (χ2n) is 4.13. The zero-order chi connectivity index (χ0) is 12.1. The minimum atomic E-state index is -0.622. The number of rotatable bonds is 2. The summed E-state index contributed by atoms with van der Waals surface area (Å²) < 4.78 is 0. The van der Waals surface area contributed by atoms with Crippen LogP contribution in [0.3, 0.4) is 0 Å². The van der Waals surface area contributed by atoms with E-state index < -0.39 is 6.03 Å². The van der Waals surface area contributed by atoms with Crippen molar-refractivity contribution >= 4 is 11.7 Å². The third-order valence-electron chi connectivity index (χ3n) is 2.93. The van der Waals surface area contributed by atoms with Crippen LogP contribution < -0.4 is 11.2 Å². The van der Waals surface area contributed by atoms with Crippen LogP contribution in [0.4, 0.5) is 4.79 Å². The molecule has 5 nitrogen and oxygen atoms in total. The molecule has 2 amide bonds. The average Bonchev–Trinajstić information content (AvgIpc) is 2.38. The lowest BCUT2D eigenvalue weighted by Gasteiger charge is -2.23. The molecule has 1 unspecified atom stereocenters. The van der Waals surface area contributed by atoms with Crippen LogP contribution in [-0.4, -0.2) is 16.7 Å². The fourth-order valence-corrected chi connectivity index (χ4v) is 2.16. The number of hydrogen-bond acceptors (Lipinski definition) is 3. The van der Waals surface area contributed by atoms with Gasteiger partial charge in [0.05, 0.1) is 0 Å². The SMILES string of the molecule is NC(=O)N/N=C1/CCCCC1c1ccccn1. The van der Waals surface area contributed by atoms with Crippen molar-refractivity contribution in [3.8, 4) is 0 Å². The molecular weight excluding hydrogens is 216 g/mol. The van der Waals surface area contributed by atoms with Crippen LogP contribution in [0, 0.1) is 0 Å². The van der Waals surface area contributed by atoms with Crippen molar-refractivity contribution in [1.29, 1.82) is 0 Å². The number of hydrazone groups is 1. The van der Waals surface area contributed by atoms with Crippen molar-refractivity contribution in [2.75, 3.05) is 0 Å². The zero-order valence-corrected chi connectivity index (χ0v) is 9.60. The lowest BCUT2D eigenvalue weighted by Crippen LogP contribution is -2.28. The summed E-state index contributed by atoms with van der Waals surface area (Å²) in [6.45, 7) is 0. The molecule has 0 bridgehead atoms. The van der Waals surface area contributed by atoms with Gasteiger partial charge in [-0.25, -0.2) is 10.2 Å². The smallest absolute Gasteiger partial charge is 0.332 e. The number of nitrogens with zero attached hydrogens (tertiary/aromatic N) is 2. The molecule has 0 saturated heterocycles. The van der Waals surface area contributed by atoms with Gasteiger partial charge in [-0.05, 0) is 31.4 Å². The molecule has 5 heteroatoms. The number of nitrogens with two attached hydrogens (primary N) is 1. The Morgan fingerprint density at radius 3 is 3.06 bits per heavy atom. The van der Waals surface area contributed by atoms with Crippen molar-refractivity contribution < 1.29 is 4.79 Å². The van der Waals surface area contributed by atoms with Crippen LogP contribution in [0.2, 0.25) is 0 Å². The maximum Gasteiger partial charge on any atom is 0.332 e. The Balaban J connectivity index is 2.18. The molecule has 0 radical (unpaired) electrons. The fraction of sp³-hybridized carbons (Fsp3) is 0.417. The summed E-state index contributed by atoms with van der Waals surface area (Å²) in [5, 5.41) is 4.09. The van der Waals surface area contributed by atoms with E-state index in [1.54, 1.807) is 6.20 Å². The van der Waals surface area contributed by atoms with E-state index in [0.29, 0.717) is 0 Å². The molecule has 17 heavy (non-hydrogen) atoms. The highest BCUT2D eigenvalue weighted by Crippen LogP contribution is 2.29. The van der Waals surface area contributed by atoms with Crippen LogP contribution in [-0.2, 0) is 0 Å². The summed E-state index contributed by atoms with van der Waals surface area (Å²) >= 11 is 0. The quantitative estimate of drug-likeness (QED) is 0.762. The van der Waals surface area contributed by atoms with Crippen molar-refractivity contribution in [2.45, 2.75) is 31.6 Å². The van der Waals surface area contributed by atoms with Crippen LogP contribution in [0.15, 0.2) is 29.5 Å². The molecule has 1 fully saturated rings. The van der Waals surface area contributed by atoms with Gasteiger partial charge in [-0.15, -0.1) is 0 Å². The molecule has 0 aliphatic heterocycles. The number of pyridine rings is 1. The average molecular weight is 232 g/mol. The van der Waals surface area contributed by atoms with Gasteiger partial charge < -0.3 is 5.73 Å². The molecule has 1 heterocycles. The van der Waals surface area contributed by atoms with Gasteiger partial charge in [0.15, 0.2) is 0 Å². The first-order valence-electron chi connectivity index (χ1n) is 5.80. The Morgan fingerprint density at radius 1 is 1.47 bits per heavy atom. The first kappa shape index (κ1) is 11.6. The molecule has 2 rings (SSSR count). The Labute approximate surface area is 100 Å². The number of primary amides is 1. The number of aromatic nitrogens is 1. The number of urea groups is 1. The fourth-order valence-electron chi connectivity index (χ4n) is 2.16. The summed E-state index contributed by atoms with van der Waals surface area (Å²) in [6, 6.07) is 5.24. The summed E-state index contributed by atoms with van der Waals surface area (Å²) in [4.78, 5) is 15.0. The molecule has 1 aliphatic rings. The number of carbonyl (C=O) groups is 1. The van der Waals surface area contributed by atoms with E-state index in [-0.39, 0.29) is 5.92 Å². The van der Waals surface area contributed by atoms with Crippen LogP contribution >= 0.6 is 0 Å². The van der Waals surface area contributed by atoms with Gasteiger partial charge in [0.25, 0.3) is 0 Å². The van der Waals surface area contributed by atoms with Gasteiger partial charge in [0, 0.05) is 23.5 Å². The van der Waals surface area contributed by atoms with Gasteiger partial charge in [-0.2, -0.15) is 5.10 Å². The zero-order valence-electron chi connectivity index (χ0n) is 9.60. The van der Waals surface area contributed by atoms with Gasteiger partial charge >= 0.3 is 6.03 Å². The Morgan fingerprint density at radius 2 is 2.35 bits per heavy atom. The molecule has 1 aromatic heterocycles. The number of hydrogen-bond donors (Lipinski definition) is 2. The van der Waals surface area contributed by atoms with Crippen LogP contribution in [0.1, 0.15) is 37.3 Å². The molecule has 1 aliphatic carbocycles. The molecule has 90 valence electrons. The highest BCUT2D eigenvalue weighted by Gasteiger charge is 2.23. The van der Waals surface area contributed by atoms with Gasteiger partial charge in [0.1, 0.15) is 0 Å². The molecule has 3 N–H and O–H groups in total. The minimum Gasteiger partial charge on any atom is -0.350 e. The molecule has 1 aromatic rings. The molecule has 1 saturated carbocycles. The van der Waals surface area contributed by atoms with E-state index in [0.717, 1.165) is 37.1 Å². The highest BCUT2D eigenvalue weighted by atomic mass is 16.2. The normalized spacial score (nSPS) is 22.4. The number of amides is 2. The van der Waals surface area contributed by atoms with Gasteiger partial charge in [-0.3, -0.25) is 4.98 Å². The second kappa shape index (κ2) is 5.43. The topological polar surface area (TPSA) is 80.4 Å². The molecule has 0 aromatic carbocycles. The molecule has 0 spiro atoms. The minimum absolute atomic E-state index is 0.205. The summed E-state index contributed by atoms with van der Waals surface area (Å²) in [6.07, 6.45) is 5.96. The third kappa shape index (κ3) is 3.03. The van der Waals surface area contributed by atoms with E-state index in [4.69, 9.17) is 5.73 Å². The first-order valence-corrected chi connectivity index (χ1v) is 5.80. The standard InChI is InChI=1S/C12H16N4O/c13-12(17)16-15-11-7-2-1-5-9(11)10-6-3-4-8-14-10/h3-4,6,8-9H,1-2,5,7H2,(H3,13,16,17)/b15-11-. The number of nitrogens with one attached hydrogen (secondary N) is 1. The first-order chi connectivity index (χ1) is 8.27. The Hall–Kier alpha value is -1.91. The van der Waals surface area contributed by atoms with E-state index in [9.17, 15) is 4.79 Å². The van der Waals surface area contributed by atoms with Crippen LogP contribution in [0.25, 0.3) is 0 Å². The lowest BCUT2D eigenvalue weighted by atomic mass is 9.85. The Kier molecular flexibility index (Phi) is 3.69. The van der Waals surface area contributed by atoms with Gasteiger partial charge in [0.2, 0.25) is 0 Å². The van der Waals surface area contributed by atoms with E-state index in [2.05, 4.69) is 15.5 Å². The van der Waals surface area contributed by atoms with E-state index >= 15 is 0 Å². The van der Waals surface area contributed by atoms with Crippen molar-refractivity contribution in [3.63, 3.8) is 0 Å². The van der Waals surface area contributed by atoms with Gasteiger partial charge in [-0.1, -0.05) is 12.5 Å². The lowest BCUT2D eigenvalue weighted by molar-refractivity contribution is 0.249. The summed E-state index contributed by atoms with van der Waals surface area (Å²) in [5.74, 6) is 0.205. The number of carbonyl (C=O) groups excluding carboxylic acids is 1. The van der Waals surface area contributed by atoms with Crippen molar-refractivity contribution in [2.24, 2.45) is 10.8 Å². The maximum absolute atomic E-state index is 10.7. The van der Waals surface area contributed by atoms with Crippen LogP contribution in [0.5, 0.6) is 0 Å². The molecule has 1 atom stereocenters. The largest absolute Gasteiger partial charge is 0.350 e. The molecular formula is C12H16N4O. The van der Waals surface area contributed by atoms with Crippen molar-refractivity contribution in [3.05, 3.63) is 30.1 Å². The third-order valence-corrected chi connectivity index (χ3v) is 2.93. The monoisotopic (exact) mass is 232 g/mol. The second-order valence-corrected chi connectivity index (χ2v) is 4.13. The summed E-state index contributed by atoms with van der Waals surface area (Å²) in [7, 11) is 0. The van der Waals surface area contributed by atoms with Crippen molar-refractivity contribution in [1.82, 2.24) is 10.4 Å². The predicted molar refractivity (Wildman–Crippen MR) is 65.6 cm³/mol. The predicted octanol–water partition coefficient (Wildman–Crippen LogP) is 1.76. The maximum atomic E-state index is 10.7. The van der Waals surface area contributed by atoms with E-state index in [1.165, 1.54) is 0 Å². The Bertz CT molecular complexity index is 416. The highest BCUT2D eigenvalue weighted by molar-refractivity contribution is 5.92.